The number of carbonyl (C=O) groups excluding carboxylic acids is 2. The summed E-state index contributed by atoms with van der Waals surface area (Å²) in [6, 6.07) is 3.19. The van der Waals surface area contributed by atoms with Gasteiger partial charge in [0, 0.05) is 30.9 Å². The first-order valence-electron chi connectivity index (χ1n) is 6.72. The van der Waals surface area contributed by atoms with Gasteiger partial charge in [0.15, 0.2) is 0 Å². The van der Waals surface area contributed by atoms with Gasteiger partial charge < -0.3 is 15.0 Å². The fraction of sp³-hybridized carbons (Fsp3) is 0.500. The van der Waals surface area contributed by atoms with Crippen molar-refractivity contribution in [1.82, 2.24) is 15.2 Å². The van der Waals surface area contributed by atoms with Crippen molar-refractivity contribution in [3.05, 3.63) is 29.6 Å². The highest BCUT2D eigenvalue weighted by molar-refractivity contribution is 5.98. The molecule has 1 saturated heterocycles. The van der Waals surface area contributed by atoms with E-state index in [-0.39, 0.29) is 17.9 Å². The summed E-state index contributed by atoms with van der Waals surface area (Å²) in [5.41, 5.74) is 0.744. The van der Waals surface area contributed by atoms with Gasteiger partial charge >= 0.3 is 0 Å². The zero-order valence-corrected chi connectivity index (χ0v) is 11.8. The van der Waals surface area contributed by atoms with E-state index in [1.54, 1.807) is 11.0 Å². The van der Waals surface area contributed by atoms with E-state index in [1.165, 1.54) is 12.3 Å². The highest BCUT2D eigenvalue weighted by Gasteiger charge is 2.20. The molecular weight excluding hydrogens is 258 g/mol. The van der Waals surface area contributed by atoms with Crippen molar-refractivity contribution in [2.45, 2.75) is 19.9 Å². The van der Waals surface area contributed by atoms with Crippen LogP contribution in [0.15, 0.2) is 18.3 Å². The molecule has 6 heteroatoms. The molecular formula is C14H19N3O3. The van der Waals surface area contributed by atoms with Gasteiger partial charge in [-0.05, 0) is 26.0 Å². The fourth-order valence-corrected chi connectivity index (χ4v) is 1.96. The first-order chi connectivity index (χ1) is 9.58. The van der Waals surface area contributed by atoms with E-state index in [2.05, 4.69) is 10.3 Å². The summed E-state index contributed by atoms with van der Waals surface area (Å²) in [5.74, 6) is -0.356. The summed E-state index contributed by atoms with van der Waals surface area (Å²) in [5, 5.41) is 2.79. The second kappa shape index (κ2) is 6.47. The predicted molar refractivity (Wildman–Crippen MR) is 73.6 cm³/mol. The molecule has 1 aromatic rings. The van der Waals surface area contributed by atoms with Crippen LogP contribution < -0.4 is 5.32 Å². The lowest BCUT2D eigenvalue weighted by atomic mass is 10.2. The van der Waals surface area contributed by atoms with Crippen molar-refractivity contribution in [3.63, 3.8) is 0 Å². The minimum Gasteiger partial charge on any atom is -0.378 e. The normalized spacial score (nSPS) is 15.2. The van der Waals surface area contributed by atoms with Gasteiger partial charge in [-0.25, -0.2) is 0 Å². The number of aromatic nitrogens is 1. The molecule has 2 rings (SSSR count). The molecule has 0 radical (unpaired) electrons. The lowest BCUT2D eigenvalue weighted by Gasteiger charge is -2.26. The van der Waals surface area contributed by atoms with E-state index in [9.17, 15) is 9.59 Å². The quantitative estimate of drug-likeness (QED) is 0.882. The van der Waals surface area contributed by atoms with Crippen LogP contribution in [0.3, 0.4) is 0 Å². The van der Waals surface area contributed by atoms with Gasteiger partial charge in [0.2, 0.25) is 0 Å². The molecule has 1 N–H and O–H groups in total. The third kappa shape index (κ3) is 3.54. The fourth-order valence-electron chi connectivity index (χ4n) is 1.96. The Hall–Kier alpha value is -1.95. The average molecular weight is 277 g/mol. The number of pyridine rings is 1. The van der Waals surface area contributed by atoms with E-state index >= 15 is 0 Å². The molecule has 20 heavy (non-hydrogen) atoms. The van der Waals surface area contributed by atoms with Crippen LogP contribution >= 0.6 is 0 Å². The topological polar surface area (TPSA) is 71.5 Å². The summed E-state index contributed by atoms with van der Waals surface area (Å²) in [6.07, 6.45) is 1.49. The zero-order chi connectivity index (χ0) is 14.5. The SMILES string of the molecule is CC(C)NC(=O)c1ccnc(C(=O)N2CCOCC2)c1. The molecule has 0 unspecified atom stereocenters. The number of morpholine rings is 1. The number of amides is 2. The Morgan fingerprint density at radius 2 is 2.05 bits per heavy atom. The number of hydrogen-bond acceptors (Lipinski definition) is 4. The minimum absolute atomic E-state index is 0.0501. The lowest BCUT2D eigenvalue weighted by Crippen LogP contribution is -2.41. The molecule has 0 saturated carbocycles. The van der Waals surface area contributed by atoms with E-state index < -0.39 is 0 Å². The first kappa shape index (κ1) is 14.5. The summed E-state index contributed by atoms with van der Waals surface area (Å²) in [4.78, 5) is 29.9. The van der Waals surface area contributed by atoms with Crippen LogP contribution in [0.2, 0.25) is 0 Å². The maximum Gasteiger partial charge on any atom is 0.272 e. The average Bonchev–Trinajstić information content (AvgIpc) is 2.47. The number of hydrogen-bond donors (Lipinski definition) is 1. The minimum atomic E-state index is -0.196. The molecule has 2 amide bonds. The Morgan fingerprint density at radius 3 is 2.70 bits per heavy atom. The van der Waals surface area contributed by atoms with Crippen LogP contribution in [-0.2, 0) is 4.74 Å². The van der Waals surface area contributed by atoms with Crippen molar-refractivity contribution in [2.75, 3.05) is 26.3 Å². The molecule has 0 aliphatic carbocycles. The highest BCUT2D eigenvalue weighted by Crippen LogP contribution is 2.08. The molecule has 0 spiro atoms. The monoisotopic (exact) mass is 277 g/mol. The van der Waals surface area contributed by atoms with Crippen LogP contribution in [0.5, 0.6) is 0 Å². The maximum absolute atomic E-state index is 12.3. The molecule has 1 aliphatic heterocycles. The second-order valence-corrected chi connectivity index (χ2v) is 4.96. The van der Waals surface area contributed by atoms with Crippen LogP contribution in [0.4, 0.5) is 0 Å². The molecule has 2 heterocycles. The molecule has 1 aromatic heterocycles. The maximum atomic E-state index is 12.3. The second-order valence-electron chi connectivity index (χ2n) is 4.96. The third-order valence-corrected chi connectivity index (χ3v) is 2.96. The van der Waals surface area contributed by atoms with Gasteiger partial charge in [0.05, 0.1) is 13.2 Å². The molecule has 1 aliphatic rings. The summed E-state index contributed by atoms with van der Waals surface area (Å²) in [7, 11) is 0. The molecule has 0 bridgehead atoms. The largest absolute Gasteiger partial charge is 0.378 e. The summed E-state index contributed by atoms with van der Waals surface area (Å²) in [6.45, 7) is 5.97. The smallest absolute Gasteiger partial charge is 0.272 e. The van der Waals surface area contributed by atoms with Crippen LogP contribution in [0, 0.1) is 0 Å². The Morgan fingerprint density at radius 1 is 1.35 bits per heavy atom. The molecule has 6 nitrogen and oxygen atoms in total. The number of ether oxygens (including phenoxy) is 1. The summed E-state index contributed by atoms with van der Waals surface area (Å²) >= 11 is 0. The number of carbonyl (C=O) groups is 2. The zero-order valence-electron chi connectivity index (χ0n) is 11.8. The molecule has 1 fully saturated rings. The number of nitrogens with zero attached hydrogens (tertiary/aromatic N) is 2. The van der Waals surface area contributed by atoms with E-state index in [0.717, 1.165) is 0 Å². The molecule has 0 aromatic carbocycles. The van der Waals surface area contributed by atoms with E-state index in [4.69, 9.17) is 4.74 Å². The Balaban J connectivity index is 2.12. The lowest BCUT2D eigenvalue weighted by molar-refractivity contribution is 0.0299. The molecule has 0 atom stereocenters. The van der Waals surface area contributed by atoms with E-state index in [0.29, 0.717) is 37.6 Å². The van der Waals surface area contributed by atoms with Gasteiger partial charge in [0.1, 0.15) is 5.69 Å². The predicted octanol–water partition coefficient (Wildman–Crippen LogP) is 0.692. The number of nitrogens with one attached hydrogen (secondary N) is 1. The number of rotatable bonds is 3. The van der Waals surface area contributed by atoms with Crippen molar-refractivity contribution in [2.24, 2.45) is 0 Å². The van der Waals surface area contributed by atoms with E-state index in [1.807, 2.05) is 13.8 Å². The Kier molecular flexibility index (Phi) is 4.68. The summed E-state index contributed by atoms with van der Waals surface area (Å²) < 4.78 is 5.21. The van der Waals surface area contributed by atoms with Gasteiger partial charge in [-0.1, -0.05) is 0 Å². The van der Waals surface area contributed by atoms with Crippen molar-refractivity contribution in [1.29, 1.82) is 0 Å². The Bertz CT molecular complexity index is 496. The van der Waals surface area contributed by atoms with Crippen molar-refractivity contribution >= 4 is 11.8 Å². The van der Waals surface area contributed by atoms with Gasteiger partial charge in [-0.15, -0.1) is 0 Å². The molecule has 108 valence electrons. The van der Waals surface area contributed by atoms with Crippen LogP contribution in [0.25, 0.3) is 0 Å². The van der Waals surface area contributed by atoms with Gasteiger partial charge in [-0.3, -0.25) is 14.6 Å². The van der Waals surface area contributed by atoms with Gasteiger partial charge in [0.25, 0.3) is 11.8 Å². The third-order valence-electron chi connectivity index (χ3n) is 2.96. The first-order valence-corrected chi connectivity index (χ1v) is 6.72. The van der Waals surface area contributed by atoms with Crippen molar-refractivity contribution in [3.8, 4) is 0 Å². The van der Waals surface area contributed by atoms with Crippen LogP contribution in [0.1, 0.15) is 34.7 Å². The van der Waals surface area contributed by atoms with Crippen LogP contribution in [-0.4, -0.2) is 54.0 Å². The highest BCUT2D eigenvalue weighted by atomic mass is 16.5. The standard InChI is InChI=1S/C14H19N3O3/c1-10(2)16-13(18)11-3-4-15-12(9-11)14(19)17-5-7-20-8-6-17/h3-4,9-10H,5-8H2,1-2H3,(H,16,18). The van der Waals surface area contributed by atoms with Gasteiger partial charge in [-0.2, -0.15) is 0 Å². The van der Waals surface area contributed by atoms with Crippen molar-refractivity contribution < 1.29 is 14.3 Å². The Labute approximate surface area is 118 Å².